The molecular formula is C18H12ClNO3. The molecule has 4 nitrogen and oxygen atoms in total. The fourth-order valence-electron chi connectivity index (χ4n) is 3.10. The molecule has 3 aromatic rings. The maximum absolute atomic E-state index is 12.6. The third kappa shape index (κ3) is 2.23. The van der Waals surface area contributed by atoms with E-state index in [9.17, 15) is 9.59 Å². The lowest BCUT2D eigenvalue weighted by molar-refractivity contribution is -0.135. The average Bonchev–Trinajstić information content (AvgIpc) is 2.54. The van der Waals surface area contributed by atoms with E-state index in [1.807, 2.05) is 36.4 Å². The molecule has 0 saturated carbocycles. The topological polar surface area (TPSA) is 59.2 Å². The van der Waals surface area contributed by atoms with Crippen LogP contribution in [0.2, 0.25) is 5.02 Å². The van der Waals surface area contributed by atoms with E-state index in [0.717, 1.165) is 5.56 Å². The number of pyridine rings is 1. The van der Waals surface area contributed by atoms with Gasteiger partial charge in [0.05, 0.1) is 17.5 Å². The Bertz CT molecular complexity index is 993. The van der Waals surface area contributed by atoms with Crippen molar-refractivity contribution in [2.45, 2.75) is 12.3 Å². The summed E-state index contributed by atoms with van der Waals surface area (Å²) in [5, 5.41) is 1.25. The van der Waals surface area contributed by atoms with Crippen LogP contribution >= 0.6 is 11.6 Å². The van der Waals surface area contributed by atoms with E-state index in [-0.39, 0.29) is 17.9 Å². The molecule has 1 aliphatic rings. The highest BCUT2D eigenvalue weighted by atomic mass is 35.5. The SMILES string of the molecule is O=C1C[C@H](c2ccccc2Cl)c2c(c3ccccc3[nH]c2=O)O1. The zero-order valence-electron chi connectivity index (χ0n) is 12.0. The number of hydrogen-bond acceptors (Lipinski definition) is 3. The molecule has 2 aromatic carbocycles. The normalized spacial score (nSPS) is 16.9. The van der Waals surface area contributed by atoms with Crippen LogP contribution in [0.4, 0.5) is 0 Å². The van der Waals surface area contributed by atoms with Crippen molar-refractivity contribution in [3.05, 3.63) is 75.0 Å². The van der Waals surface area contributed by atoms with Crippen molar-refractivity contribution >= 4 is 28.5 Å². The van der Waals surface area contributed by atoms with Crippen LogP contribution in [-0.4, -0.2) is 11.0 Å². The first-order chi connectivity index (χ1) is 11.1. The minimum absolute atomic E-state index is 0.0954. The number of H-pyrrole nitrogens is 1. The highest BCUT2D eigenvalue weighted by Gasteiger charge is 2.33. The maximum Gasteiger partial charge on any atom is 0.312 e. The molecular weight excluding hydrogens is 314 g/mol. The van der Waals surface area contributed by atoms with E-state index >= 15 is 0 Å². The molecule has 0 spiro atoms. The predicted octanol–water partition coefficient (Wildman–Crippen LogP) is 3.62. The Kier molecular flexibility index (Phi) is 3.20. The van der Waals surface area contributed by atoms with Crippen LogP contribution in [0, 0.1) is 0 Å². The molecule has 1 aliphatic heterocycles. The number of esters is 1. The largest absolute Gasteiger partial charge is 0.425 e. The molecule has 0 saturated heterocycles. The summed E-state index contributed by atoms with van der Waals surface area (Å²) in [6.45, 7) is 0. The van der Waals surface area contributed by atoms with Gasteiger partial charge in [0, 0.05) is 16.3 Å². The van der Waals surface area contributed by atoms with Crippen molar-refractivity contribution in [3.8, 4) is 5.75 Å². The van der Waals surface area contributed by atoms with Crippen molar-refractivity contribution < 1.29 is 9.53 Å². The third-order valence-electron chi connectivity index (χ3n) is 4.12. The Balaban J connectivity index is 2.05. The highest BCUT2D eigenvalue weighted by molar-refractivity contribution is 6.31. The van der Waals surface area contributed by atoms with Crippen molar-refractivity contribution in [3.63, 3.8) is 0 Å². The van der Waals surface area contributed by atoms with Crippen molar-refractivity contribution in [1.82, 2.24) is 4.98 Å². The summed E-state index contributed by atoms with van der Waals surface area (Å²) in [6, 6.07) is 14.5. The lowest BCUT2D eigenvalue weighted by atomic mass is 9.86. The Labute approximate surface area is 136 Å². The smallest absolute Gasteiger partial charge is 0.312 e. The summed E-state index contributed by atoms with van der Waals surface area (Å²) >= 11 is 6.28. The zero-order valence-corrected chi connectivity index (χ0v) is 12.8. The maximum atomic E-state index is 12.6. The second kappa shape index (κ2) is 5.25. The lowest BCUT2D eigenvalue weighted by Crippen LogP contribution is -2.28. The Morgan fingerprint density at radius 1 is 1.04 bits per heavy atom. The number of nitrogens with one attached hydrogen (secondary N) is 1. The number of ether oxygens (including phenoxy) is 1. The number of fused-ring (bicyclic) bond motifs is 3. The van der Waals surface area contributed by atoms with Crippen molar-refractivity contribution in [2.24, 2.45) is 0 Å². The minimum Gasteiger partial charge on any atom is -0.425 e. The van der Waals surface area contributed by atoms with Gasteiger partial charge in [-0.25, -0.2) is 0 Å². The molecule has 0 bridgehead atoms. The molecule has 5 heteroatoms. The number of para-hydroxylation sites is 1. The highest BCUT2D eigenvalue weighted by Crippen LogP contribution is 2.41. The summed E-state index contributed by atoms with van der Waals surface area (Å²) in [4.78, 5) is 27.5. The van der Waals surface area contributed by atoms with Crippen LogP contribution in [0.1, 0.15) is 23.5 Å². The van der Waals surface area contributed by atoms with Gasteiger partial charge < -0.3 is 9.72 Å². The van der Waals surface area contributed by atoms with Crippen LogP contribution < -0.4 is 10.3 Å². The van der Waals surface area contributed by atoms with Crippen LogP contribution in [0.15, 0.2) is 53.3 Å². The molecule has 114 valence electrons. The molecule has 0 amide bonds. The van der Waals surface area contributed by atoms with Crippen LogP contribution in [-0.2, 0) is 4.79 Å². The standard InChI is InChI=1S/C18H12ClNO3/c19-13-7-3-1-5-10(13)12-9-15(21)23-17-11-6-2-4-8-14(11)20-18(22)16(12)17/h1-8,12H,9H2,(H,20,22)/t12-/m1/s1. The first kappa shape index (κ1) is 14.0. The summed E-state index contributed by atoms with van der Waals surface area (Å²) in [5.41, 5.74) is 1.60. The Morgan fingerprint density at radius 3 is 2.61 bits per heavy atom. The monoisotopic (exact) mass is 325 g/mol. The van der Waals surface area contributed by atoms with Gasteiger partial charge in [-0.15, -0.1) is 0 Å². The summed E-state index contributed by atoms with van der Waals surface area (Å²) < 4.78 is 5.42. The van der Waals surface area contributed by atoms with E-state index in [1.165, 1.54) is 0 Å². The summed E-state index contributed by atoms with van der Waals surface area (Å²) in [6.07, 6.45) is 0.0954. The van der Waals surface area contributed by atoms with Gasteiger partial charge in [-0.3, -0.25) is 9.59 Å². The summed E-state index contributed by atoms with van der Waals surface area (Å²) in [5.74, 6) is -0.433. The molecule has 0 aliphatic carbocycles. The van der Waals surface area contributed by atoms with Gasteiger partial charge in [0.15, 0.2) is 0 Å². The number of aromatic amines is 1. The minimum atomic E-state index is -0.409. The van der Waals surface area contributed by atoms with E-state index in [4.69, 9.17) is 16.3 Å². The molecule has 2 heterocycles. The van der Waals surface area contributed by atoms with Crippen LogP contribution in [0.25, 0.3) is 10.9 Å². The van der Waals surface area contributed by atoms with E-state index in [0.29, 0.717) is 27.2 Å². The van der Waals surface area contributed by atoms with E-state index in [1.54, 1.807) is 12.1 Å². The zero-order chi connectivity index (χ0) is 16.0. The number of aromatic nitrogens is 1. The van der Waals surface area contributed by atoms with Gasteiger partial charge in [-0.2, -0.15) is 0 Å². The molecule has 0 fully saturated rings. The van der Waals surface area contributed by atoms with Gasteiger partial charge in [-0.05, 0) is 23.8 Å². The first-order valence-corrected chi connectivity index (χ1v) is 7.63. The second-order valence-electron chi connectivity index (χ2n) is 5.49. The number of carbonyl (C=O) groups is 1. The number of halogens is 1. The molecule has 1 aromatic heterocycles. The molecule has 0 unspecified atom stereocenters. The molecule has 1 atom stereocenters. The van der Waals surface area contributed by atoms with Crippen LogP contribution in [0.3, 0.4) is 0 Å². The van der Waals surface area contributed by atoms with Crippen LogP contribution in [0.5, 0.6) is 5.75 Å². The summed E-state index contributed by atoms with van der Waals surface area (Å²) in [7, 11) is 0. The molecule has 4 rings (SSSR count). The van der Waals surface area contributed by atoms with Crippen molar-refractivity contribution in [1.29, 1.82) is 0 Å². The first-order valence-electron chi connectivity index (χ1n) is 7.25. The van der Waals surface area contributed by atoms with Gasteiger partial charge in [-0.1, -0.05) is 41.9 Å². The number of hydrogen-bond donors (Lipinski definition) is 1. The fourth-order valence-corrected chi connectivity index (χ4v) is 3.37. The molecule has 0 radical (unpaired) electrons. The van der Waals surface area contributed by atoms with Gasteiger partial charge in [0.1, 0.15) is 5.75 Å². The quantitative estimate of drug-likeness (QED) is 0.695. The van der Waals surface area contributed by atoms with E-state index < -0.39 is 5.92 Å². The number of benzene rings is 2. The fraction of sp³-hybridized carbons (Fsp3) is 0.111. The number of carbonyl (C=O) groups excluding carboxylic acids is 1. The average molecular weight is 326 g/mol. The van der Waals surface area contributed by atoms with Gasteiger partial charge in [0.25, 0.3) is 5.56 Å². The number of rotatable bonds is 1. The molecule has 1 N–H and O–H groups in total. The lowest BCUT2D eigenvalue weighted by Gasteiger charge is -2.25. The predicted molar refractivity (Wildman–Crippen MR) is 88.1 cm³/mol. The molecule has 23 heavy (non-hydrogen) atoms. The Morgan fingerprint density at radius 2 is 1.78 bits per heavy atom. The second-order valence-corrected chi connectivity index (χ2v) is 5.90. The Hall–Kier alpha value is -2.59. The van der Waals surface area contributed by atoms with Gasteiger partial charge >= 0.3 is 5.97 Å². The van der Waals surface area contributed by atoms with E-state index in [2.05, 4.69) is 4.98 Å². The third-order valence-corrected chi connectivity index (χ3v) is 4.47. The van der Waals surface area contributed by atoms with Gasteiger partial charge in [0.2, 0.25) is 0 Å². The van der Waals surface area contributed by atoms with Crippen molar-refractivity contribution in [2.75, 3.05) is 0 Å².